The number of nitrogens with zero attached hydrogens (tertiary/aromatic N) is 2. The average Bonchev–Trinajstić information content (AvgIpc) is 2.31. The van der Waals surface area contributed by atoms with Crippen LogP contribution in [0.4, 0.5) is 10.7 Å². The number of carbonyl (C=O) groups excluding carboxylic acids is 1. The van der Waals surface area contributed by atoms with E-state index in [9.17, 15) is 4.79 Å². The molecule has 1 amide bonds. The first-order valence-corrected chi connectivity index (χ1v) is 5.76. The van der Waals surface area contributed by atoms with Crippen LogP contribution in [0.2, 0.25) is 0 Å². The van der Waals surface area contributed by atoms with E-state index in [0.717, 1.165) is 12.1 Å². The third-order valence-corrected chi connectivity index (χ3v) is 1.91. The van der Waals surface area contributed by atoms with Crippen molar-refractivity contribution in [2.75, 3.05) is 25.1 Å². The minimum absolute atomic E-state index is 0.164. The lowest BCUT2D eigenvalue weighted by atomic mass is 10.4. The quantitative estimate of drug-likeness (QED) is 0.706. The Morgan fingerprint density at radius 3 is 2.89 bits per heavy atom. The number of hydrogen-bond donors (Lipinski definition) is 2. The van der Waals surface area contributed by atoms with Crippen molar-refractivity contribution >= 4 is 12.0 Å². The van der Waals surface area contributed by atoms with Gasteiger partial charge in [-0.3, -0.25) is 0 Å². The van der Waals surface area contributed by atoms with Gasteiger partial charge < -0.3 is 20.5 Å². The average molecular weight is 254 g/mol. The van der Waals surface area contributed by atoms with Crippen molar-refractivity contribution < 1.29 is 14.3 Å². The summed E-state index contributed by atoms with van der Waals surface area (Å²) < 4.78 is 10.0. The van der Waals surface area contributed by atoms with Crippen molar-refractivity contribution in [1.29, 1.82) is 0 Å². The van der Waals surface area contributed by atoms with Gasteiger partial charge in [0.1, 0.15) is 6.61 Å². The summed E-state index contributed by atoms with van der Waals surface area (Å²) in [6, 6.07) is 1.76. The largest absolute Gasteiger partial charge is 0.478 e. The van der Waals surface area contributed by atoms with E-state index in [1.165, 1.54) is 0 Å². The molecule has 1 aromatic rings. The van der Waals surface area contributed by atoms with Gasteiger partial charge in [-0.2, -0.15) is 4.98 Å². The highest BCUT2D eigenvalue weighted by molar-refractivity contribution is 5.64. The number of hydrogen-bond acceptors (Lipinski definition) is 6. The monoisotopic (exact) mass is 254 g/mol. The summed E-state index contributed by atoms with van der Waals surface area (Å²) in [6.07, 6.45) is 0.118. The van der Waals surface area contributed by atoms with Gasteiger partial charge in [-0.15, -0.1) is 0 Å². The summed E-state index contributed by atoms with van der Waals surface area (Å²) in [5.41, 5.74) is 5.64. The molecule has 0 bridgehead atoms. The maximum Gasteiger partial charge on any atom is 0.404 e. The van der Waals surface area contributed by atoms with Gasteiger partial charge >= 0.3 is 6.09 Å². The molecule has 0 aliphatic rings. The fourth-order valence-electron chi connectivity index (χ4n) is 1.21. The molecule has 1 aromatic heterocycles. The maximum atomic E-state index is 10.4. The molecule has 0 unspecified atom stereocenters. The van der Waals surface area contributed by atoms with Crippen LogP contribution in [0.5, 0.6) is 5.88 Å². The number of anilines is 1. The van der Waals surface area contributed by atoms with Crippen LogP contribution < -0.4 is 15.8 Å². The molecule has 0 aromatic carbocycles. The van der Waals surface area contributed by atoms with Gasteiger partial charge in [0.15, 0.2) is 0 Å². The highest BCUT2D eigenvalue weighted by Gasteiger charge is 2.03. The first kappa shape index (κ1) is 14.0. The summed E-state index contributed by atoms with van der Waals surface area (Å²) in [5.74, 6) is 0.969. The summed E-state index contributed by atoms with van der Waals surface area (Å²) in [5, 5.41) is 2.92. The number of aromatic nitrogens is 2. The molecule has 0 saturated heterocycles. The smallest absolute Gasteiger partial charge is 0.404 e. The summed E-state index contributed by atoms with van der Waals surface area (Å²) in [6.45, 7) is 5.04. The molecular weight excluding hydrogens is 236 g/mol. The Labute approximate surface area is 106 Å². The van der Waals surface area contributed by atoms with E-state index < -0.39 is 6.09 Å². The number of primary amides is 1. The number of ether oxygens (including phenoxy) is 2. The van der Waals surface area contributed by atoms with Gasteiger partial charge in [-0.05, 0) is 13.3 Å². The predicted molar refractivity (Wildman–Crippen MR) is 66.6 cm³/mol. The van der Waals surface area contributed by atoms with Crippen molar-refractivity contribution in [3.63, 3.8) is 0 Å². The van der Waals surface area contributed by atoms with E-state index in [-0.39, 0.29) is 6.61 Å². The minimum Gasteiger partial charge on any atom is -0.478 e. The summed E-state index contributed by atoms with van der Waals surface area (Å²) in [7, 11) is 0. The number of amides is 1. The van der Waals surface area contributed by atoms with Gasteiger partial charge in [0.2, 0.25) is 11.8 Å². The van der Waals surface area contributed by atoms with Crippen LogP contribution in [0.3, 0.4) is 0 Å². The van der Waals surface area contributed by atoms with Crippen molar-refractivity contribution in [3.8, 4) is 5.88 Å². The first-order chi connectivity index (χ1) is 8.61. The van der Waals surface area contributed by atoms with Gasteiger partial charge in [0, 0.05) is 11.8 Å². The summed E-state index contributed by atoms with van der Waals surface area (Å²) in [4.78, 5) is 18.7. The Bertz CT molecular complexity index is 398. The molecule has 3 N–H and O–H groups in total. The molecule has 7 heteroatoms. The number of carbonyl (C=O) groups is 1. The van der Waals surface area contributed by atoms with Crippen LogP contribution in [0.25, 0.3) is 0 Å². The second-order valence-electron chi connectivity index (χ2n) is 3.61. The molecule has 0 aliphatic carbocycles. The maximum absolute atomic E-state index is 10.4. The Balaban J connectivity index is 2.48. The van der Waals surface area contributed by atoms with E-state index in [0.29, 0.717) is 25.0 Å². The van der Waals surface area contributed by atoms with E-state index in [4.69, 9.17) is 10.5 Å². The standard InChI is InChI=1S/C11H18N4O3/c1-3-5-17-9-7-8(2)14-11(15-9)13-4-6-18-10(12)16/h7H,3-6H2,1-2H3,(H2,12,16)(H,13,14,15). The highest BCUT2D eigenvalue weighted by atomic mass is 16.5. The Morgan fingerprint density at radius 1 is 1.44 bits per heavy atom. The zero-order chi connectivity index (χ0) is 13.4. The summed E-state index contributed by atoms with van der Waals surface area (Å²) >= 11 is 0. The third kappa shape index (κ3) is 5.33. The molecule has 0 spiro atoms. The van der Waals surface area contributed by atoms with Gasteiger partial charge in [-0.1, -0.05) is 6.92 Å². The minimum atomic E-state index is -0.797. The normalized spacial score (nSPS) is 9.89. The third-order valence-electron chi connectivity index (χ3n) is 1.91. The molecule has 1 rings (SSSR count). The van der Waals surface area contributed by atoms with E-state index in [2.05, 4.69) is 20.0 Å². The molecule has 0 aliphatic heterocycles. The molecule has 18 heavy (non-hydrogen) atoms. The molecule has 0 saturated carbocycles. The number of nitrogens with two attached hydrogens (primary N) is 1. The molecule has 0 fully saturated rings. The number of rotatable bonds is 7. The van der Waals surface area contributed by atoms with Crippen LogP contribution >= 0.6 is 0 Å². The lowest BCUT2D eigenvalue weighted by Crippen LogP contribution is -2.19. The SMILES string of the molecule is CCCOc1cc(C)nc(NCCOC(N)=O)n1. The molecule has 7 nitrogen and oxygen atoms in total. The van der Waals surface area contributed by atoms with Crippen LogP contribution in [-0.2, 0) is 4.74 Å². The molecule has 0 radical (unpaired) electrons. The van der Waals surface area contributed by atoms with Crippen LogP contribution in [0.15, 0.2) is 6.07 Å². The highest BCUT2D eigenvalue weighted by Crippen LogP contribution is 2.11. The number of aryl methyl sites for hydroxylation is 1. The van der Waals surface area contributed by atoms with Crippen molar-refractivity contribution in [3.05, 3.63) is 11.8 Å². The fraction of sp³-hybridized carbons (Fsp3) is 0.545. The Morgan fingerprint density at radius 2 is 2.22 bits per heavy atom. The Hall–Kier alpha value is -2.05. The van der Waals surface area contributed by atoms with Gasteiger partial charge in [-0.25, -0.2) is 9.78 Å². The predicted octanol–water partition coefficient (Wildman–Crippen LogP) is 1.08. The lowest BCUT2D eigenvalue weighted by molar-refractivity contribution is 0.161. The topological polar surface area (TPSA) is 99.4 Å². The molecular formula is C11H18N4O3. The van der Waals surface area contributed by atoms with Crippen molar-refractivity contribution in [2.45, 2.75) is 20.3 Å². The Kier molecular flexibility index (Phi) is 5.69. The molecule has 0 atom stereocenters. The van der Waals surface area contributed by atoms with E-state index >= 15 is 0 Å². The second kappa shape index (κ2) is 7.31. The van der Waals surface area contributed by atoms with Crippen LogP contribution in [0.1, 0.15) is 19.0 Å². The van der Waals surface area contributed by atoms with Gasteiger partial charge in [0.05, 0.1) is 13.2 Å². The lowest BCUT2D eigenvalue weighted by Gasteiger charge is -2.08. The molecule has 1 heterocycles. The zero-order valence-corrected chi connectivity index (χ0v) is 10.6. The fourth-order valence-corrected chi connectivity index (χ4v) is 1.21. The van der Waals surface area contributed by atoms with E-state index in [1.807, 2.05) is 13.8 Å². The van der Waals surface area contributed by atoms with Crippen molar-refractivity contribution in [1.82, 2.24) is 9.97 Å². The van der Waals surface area contributed by atoms with Crippen molar-refractivity contribution in [2.24, 2.45) is 5.73 Å². The van der Waals surface area contributed by atoms with E-state index in [1.54, 1.807) is 6.07 Å². The molecule has 100 valence electrons. The zero-order valence-electron chi connectivity index (χ0n) is 10.6. The number of nitrogens with one attached hydrogen (secondary N) is 1. The van der Waals surface area contributed by atoms with Crippen LogP contribution in [-0.4, -0.2) is 35.8 Å². The second-order valence-corrected chi connectivity index (χ2v) is 3.61. The van der Waals surface area contributed by atoms with Gasteiger partial charge in [0.25, 0.3) is 0 Å². The van der Waals surface area contributed by atoms with Crippen LogP contribution in [0, 0.1) is 6.92 Å². The first-order valence-electron chi connectivity index (χ1n) is 5.76.